The molecule has 0 radical (unpaired) electrons. The van der Waals surface area contributed by atoms with Crippen LogP contribution in [0.1, 0.15) is 23.5 Å². The number of fused-ring (bicyclic) bond motifs is 1. The molecule has 1 aliphatic rings. The van der Waals surface area contributed by atoms with E-state index in [-0.39, 0.29) is 28.5 Å². The number of aromatic nitrogens is 3. The van der Waals surface area contributed by atoms with Crippen LogP contribution in [0.25, 0.3) is 16.2 Å². The number of hydrogen-bond donors (Lipinski definition) is 1. The van der Waals surface area contributed by atoms with E-state index in [9.17, 15) is 21.9 Å². The van der Waals surface area contributed by atoms with Gasteiger partial charge in [0.15, 0.2) is 11.1 Å². The van der Waals surface area contributed by atoms with Crippen LogP contribution in [0.15, 0.2) is 23.1 Å². The zero-order valence-electron chi connectivity index (χ0n) is 14.2. The van der Waals surface area contributed by atoms with Gasteiger partial charge in [-0.1, -0.05) is 11.3 Å². The zero-order valence-corrected chi connectivity index (χ0v) is 15.8. The molecule has 1 fully saturated rings. The molecule has 1 atom stereocenters. The van der Waals surface area contributed by atoms with Crippen molar-refractivity contribution in [1.82, 2.24) is 14.6 Å². The van der Waals surface area contributed by atoms with Crippen molar-refractivity contribution in [2.24, 2.45) is 0 Å². The number of hydrogen-bond acceptors (Lipinski definition) is 5. The maximum absolute atomic E-state index is 13.4. The molecule has 0 amide bonds. The number of methoxy groups -OCH3 is 1. The lowest BCUT2D eigenvalue weighted by atomic mass is 10.1. The zero-order chi connectivity index (χ0) is 19.6. The van der Waals surface area contributed by atoms with Gasteiger partial charge in [-0.3, -0.25) is 0 Å². The molecule has 3 aromatic rings. The Morgan fingerprint density at radius 2 is 2.07 bits per heavy atom. The smallest absolute Gasteiger partial charge is 0.400 e. The molecule has 11 heteroatoms. The fourth-order valence-electron chi connectivity index (χ4n) is 3.08. The Balaban J connectivity index is 1.87. The molecule has 1 N–H and O–H groups in total. The highest BCUT2D eigenvalue weighted by molar-refractivity contribution is 7.79. The van der Waals surface area contributed by atoms with Crippen LogP contribution in [0.3, 0.4) is 0 Å². The molecule has 1 saturated carbocycles. The van der Waals surface area contributed by atoms with E-state index in [0.29, 0.717) is 21.9 Å². The Morgan fingerprint density at radius 1 is 1.37 bits per heavy atom. The summed E-state index contributed by atoms with van der Waals surface area (Å²) in [4.78, 5) is 4.75. The molecule has 2 heterocycles. The first kappa shape index (κ1) is 18.4. The van der Waals surface area contributed by atoms with E-state index < -0.39 is 22.7 Å². The minimum atomic E-state index is -4.35. The average Bonchev–Trinajstić information content (AvgIpc) is 3.24. The largest absolute Gasteiger partial charge is 0.495 e. The average molecular weight is 417 g/mol. The Morgan fingerprint density at radius 3 is 2.63 bits per heavy atom. The number of ether oxygens (including phenoxy) is 1. The summed E-state index contributed by atoms with van der Waals surface area (Å²) >= 11 is -1.36. The summed E-state index contributed by atoms with van der Waals surface area (Å²) in [5, 5.41) is 4.21. The third kappa shape index (κ3) is 2.75. The van der Waals surface area contributed by atoms with E-state index >= 15 is 0 Å². The second kappa shape index (κ2) is 6.01. The van der Waals surface area contributed by atoms with Gasteiger partial charge in [-0.25, -0.2) is 13.7 Å². The Labute approximate surface area is 158 Å². The summed E-state index contributed by atoms with van der Waals surface area (Å²) in [5.41, 5.74) is -0.301. The molecule has 2 aromatic heterocycles. The van der Waals surface area contributed by atoms with E-state index in [1.165, 1.54) is 23.8 Å². The molecular weight excluding hydrogens is 403 g/mol. The van der Waals surface area contributed by atoms with Gasteiger partial charge in [0.2, 0.25) is 4.96 Å². The molecule has 0 aliphatic heterocycles. The van der Waals surface area contributed by atoms with Gasteiger partial charge in [0, 0.05) is 5.56 Å². The SMILES string of the molecule is COc1ccc(-c2c(C)nc3sc(C4(C(F)(F)F)CC4)nn23)cc1S(=O)O. The van der Waals surface area contributed by atoms with Gasteiger partial charge in [0.25, 0.3) is 0 Å². The first-order valence-corrected chi connectivity index (χ1v) is 9.83. The molecule has 27 heavy (non-hydrogen) atoms. The molecule has 0 spiro atoms. The van der Waals surface area contributed by atoms with Crippen LogP contribution in [0.5, 0.6) is 5.75 Å². The second-order valence-corrected chi connectivity index (χ2v) is 8.24. The number of alkyl halides is 3. The van der Waals surface area contributed by atoms with E-state index in [0.717, 1.165) is 11.3 Å². The summed E-state index contributed by atoms with van der Waals surface area (Å²) in [5.74, 6) is 0.242. The Kier molecular flexibility index (Phi) is 4.09. The van der Waals surface area contributed by atoms with Crippen molar-refractivity contribution in [3.63, 3.8) is 0 Å². The molecule has 1 aliphatic carbocycles. The molecule has 0 saturated heterocycles. The van der Waals surface area contributed by atoms with E-state index in [2.05, 4.69) is 10.1 Å². The van der Waals surface area contributed by atoms with Crippen molar-refractivity contribution in [3.05, 3.63) is 28.9 Å². The number of halogens is 3. The topological polar surface area (TPSA) is 76.7 Å². The van der Waals surface area contributed by atoms with Crippen LogP contribution in [-0.2, 0) is 16.5 Å². The van der Waals surface area contributed by atoms with Crippen LogP contribution in [0.2, 0.25) is 0 Å². The molecule has 6 nitrogen and oxygen atoms in total. The predicted octanol–water partition coefficient (Wildman–Crippen LogP) is 3.95. The Hall–Kier alpha value is -1.98. The van der Waals surface area contributed by atoms with Gasteiger partial charge >= 0.3 is 6.18 Å². The lowest BCUT2D eigenvalue weighted by molar-refractivity contribution is -0.160. The second-order valence-electron chi connectivity index (χ2n) is 6.34. The lowest BCUT2D eigenvalue weighted by Crippen LogP contribution is -2.28. The van der Waals surface area contributed by atoms with Gasteiger partial charge in [-0.05, 0) is 38.0 Å². The highest BCUT2D eigenvalue weighted by Crippen LogP contribution is 2.59. The maximum atomic E-state index is 13.4. The molecule has 0 bridgehead atoms. The van der Waals surface area contributed by atoms with Gasteiger partial charge in [0.05, 0.1) is 18.5 Å². The van der Waals surface area contributed by atoms with Gasteiger partial charge in [-0.2, -0.15) is 18.3 Å². The number of nitrogens with zero attached hydrogens (tertiary/aromatic N) is 3. The summed E-state index contributed by atoms with van der Waals surface area (Å²) < 4.78 is 67.7. The number of imidazole rings is 1. The van der Waals surface area contributed by atoms with Crippen molar-refractivity contribution >= 4 is 27.4 Å². The van der Waals surface area contributed by atoms with Crippen molar-refractivity contribution in [2.45, 2.75) is 36.3 Å². The van der Waals surface area contributed by atoms with Crippen molar-refractivity contribution in [2.75, 3.05) is 7.11 Å². The Bertz CT molecular complexity index is 1070. The fourth-order valence-corrected chi connectivity index (χ4v) is 4.84. The van der Waals surface area contributed by atoms with Crippen LogP contribution in [0.4, 0.5) is 13.2 Å². The third-order valence-corrected chi connectivity index (χ3v) is 6.51. The van der Waals surface area contributed by atoms with Crippen molar-refractivity contribution in [1.29, 1.82) is 0 Å². The predicted molar refractivity (Wildman–Crippen MR) is 93.6 cm³/mol. The van der Waals surface area contributed by atoms with Gasteiger partial charge in [-0.15, -0.1) is 0 Å². The molecular formula is C16H14F3N3O3S2. The van der Waals surface area contributed by atoms with Crippen LogP contribution in [-0.4, -0.2) is 36.6 Å². The quantitative estimate of drug-likeness (QED) is 0.651. The van der Waals surface area contributed by atoms with Gasteiger partial charge < -0.3 is 9.29 Å². The summed E-state index contributed by atoms with van der Waals surface area (Å²) in [6, 6.07) is 4.64. The standard InChI is InChI=1S/C16H14F3N3O3S2/c1-8-12(9-3-4-10(25-2)11(7-9)27(23)24)22-14(20-8)26-13(21-22)15(5-6-15)16(17,18)19/h3-4,7H,5-6H2,1-2H3,(H,23,24). The summed E-state index contributed by atoms with van der Waals surface area (Å²) in [6.07, 6.45) is -4.30. The minimum absolute atomic E-state index is 0.00165. The maximum Gasteiger partial charge on any atom is 0.400 e. The summed E-state index contributed by atoms with van der Waals surface area (Å²) in [7, 11) is 1.38. The monoisotopic (exact) mass is 417 g/mol. The molecule has 4 rings (SSSR count). The number of benzene rings is 1. The van der Waals surface area contributed by atoms with Crippen molar-refractivity contribution < 1.29 is 26.7 Å². The molecule has 144 valence electrons. The van der Waals surface area contributed by atoms with E-state index in [1.807, 2.05) is 0 Å². The normalized spacial score (nSPS) is 17.3. The van der Waals surface area contributed by atoms with E-state index in [4.69, 9.17) is 4.74 Å². The van der Waals surface area contributed by atoms with E-state index in [1.54, 1.807) is 13.0 Å². The highest BCUT2D eigenvalue weighted by atomic mass is 32.2. The van der Waals surface area contributed by atoms with Crippen LogP contribution in [0, 0.1) is 6.92 Å². The van der Waals surface area contributed by atoms with Crippen LogP contribution >= 0.6 is 11.3 Å². The molecule has 1 aromatic carbocycles. The number of rotatable bonds is 4. The minimum Gasteiger partial charge on any atom is -0.495 e. The third-order valence-electron chi connectivity index (χ3n) is 4.71. The first-order valence-electron chi connectivity index (χ1n) is 7.90. The van der Waals surface area contributed by atoms with Crippen molar-refractivity contribution in [3.8, 4) is 17.0 Å². The number of aryl methyl sites for hydroxylation is 1. The van der Waals surface area contributed by atoms with Gasteiger partial charge in [0.1, 0.15) is 21.1 Å². The molecule has 1 unspecified atom stereocenters. The fraction of sp³-hybridized carbons (Fsp3) is 0.375. The van der Waals surface area contributed by atoms with Crippen LogP contribution < -0.4 is 4.74 Å². The highest BCUT2D eigenvalue weighted by Gasteiger charge is 2.66. The first-order chi connectivity index (χ1) is 12.7. The lowest BCUT2D eigenvalue weighted by Gasteiger charge is -2.15. The summed E-state index contributed by atoms with van der Waals surface area (Å²) in [6.45, 7) is 1.72.